The Balaban J connectivity index is 2.15. The number of amides is 1. The standard InChI is InChI=1S/C12H17N5OS/c1-6(9-5-14-17(4)8(9)3)15-11(18)10-7(2)16-12(13)19-10/h5-6H,1-4H3,(H2,13,16)(H,15,18). The molecule has 0 aromatic carbocycles. The van der Waals surface area contributed by atoms with Crippen molar-refractivity contribution >= 4 is 22.4 Å². The molecule has 3 N–H and O–H groups in total. The topological polar surface area (TPSA) is 85.8 Å². The second kappa shape index (κ2) is 5.00. The van der Waals surface area contributed by atoms with Crippen LogP contribution in [0.5, 0.6) is 0 Å². The summed E-state index contributed by atoms with van der Waals surface area (Å²) >= 11 is 1.20. The summed E-state index contributed by atoms with van der Waals surface area (Å²) in [5.74, 6) is -0.151. The van der Waals surface area contributed by atoms with E-state index in [1.165, 1.54) is 11.3 Å². The highest BCUT2D eigenvalue weighted by atomic mass is 32.1. The van der Waals surface area contributed by atoms with Crippen molar-refractivity contribution < 1.29 is 4.79 Å². The Morgan fingerprint density at radius 2 is 2.21 bits per heavy atom. The van der Waals surface area contributed by atoms with Gasteiger partial charge in [-0.05, 0) is 20.8 Å². The number of nitrogens with two attached hydrogens (primary N) is 1. The number of rotatable bonds is 3. The van der Waals surface area contributed by atoms with Crippen molar-refractivity contribution in [3.05, 3.63) is 28.0 Å². The molecular formula is C12H17N5OS. The van der Waals surface area contributed by atoms with Crippen LogP contribution in [0.25, 0.3) is 0 Å². The molecule has 0 spiro atoms. The normalized spacial score (nSPS) is 12.4. The van der Waals surface area contributed by atoms with Gasteiger partial charge >= 0.3 is 0 Å². The maximum atomic E-state index is 12.2. The molecular weight excluding hydrogens is 262 g/mol. The van der Waals surface area contributed by atoms with Gasteiger partial charge in [0.2, 0.25) is 0 Å². The van der Waals surface area contributed by atoms with Crippen molar-refractivity contribution in [2.24, 2.45) is 7.05 Å². The summed E-state index contributed by atoms with van der Waals surface area (Å²) < 4.78 is 1.79. The van der Waals surface area contributed by atoms with E-state index in [0.717, 1.165) is 11.3 Å². The molecule has 0 radical (unpaired) electrons. The first-order chi connectivity index (χ1) is 8.90. The number of thiazole rings is 1. The Hall–Kier alpha value is -1.89. The van der Waals surface area contributed by atoms with E-state index in [1.54, 1.807) is 17.8 Å². The molecule has 1 unspecified atom stereocenters. The first-order valence-electron chi connectivity index (χ1n) is 5.92. The Bertz CT molecular complexity index is 616. The Labute approximate surface area is 115 Å². The van der Waals surface area contributed by atoms with E-state index >= 15 is 0 Å². The quantitative estimate of drug-likeness (QED) is 0.893. The lowest BCUT2D eigenvalue weighted by molar-refractivity contribution is 0.0943. The summed E-state index contributed by atoms with van der Waals surface area (Å²) in [6.07, 6.45) is 1.77. The van der Waals surface area contributed by atoms with Crippen LogP contribution in [0, 0.1) is 13.8 Å². The average Bonchev–Trinajstić information content (AvgIpc) is 2.83. The molecule has 19 heavy (non-hydrogen) atoms. The predicted octanol–water partition coefficient (Wildman–Crippen LogP) is 1.57. The molecule has 0 bridgehead atoms. The van der Waals surface area contributed by atoms with Crippen molar-refractivity contribution in [3.63, 3.8) is 0 Å². The Morgan fingerprint density at radius 1 is 1.53 bits per heavy atom. The lowest BCUT2D eigenvalue weighted by Gasteiger charge is -2.13. The molecule has 6 nitrogen and oxygen atoms in total. The molecule has 2 rings (SSSR count). The zero-order valence-corrected chi connectivity index (χ0v) is 12.2. The Kier molecular flexibility index (Phi) is 3.57. The molecule has 7 heteroatoms. The summed E-state index contributed by atoms with van der Waals surface area (Å²) in [4.78, 5) is 16.8. The molecule has 0 fully saturated rings. The van der Waals surface area contributed by atoms with Crippen molar-refractivity contribution in [2.75, 3.05) is 5.73 Å². The number of hydrogen-bond donors (Lipinski definition) is 2. The first kappa shape index (κ1) is 13.5. The van der Waals surface area contributed by atoms with Crippen LogP contribution in [0.2, 0.25) is 0 Å². The van der Waals surface area contributed by atoms with Gasteiger partial charge in [0.05, 0.1) is 17.9 Å². The molecule has 2 heterocycles. The van der Waals surface area contributed by atoms with Crippen LogP contribution in [0.1, 0.15) is 39.6 Å². The third-order valence-electron chi connectivity index (χ3n) is 3.11. The van der Waals surface area contributed by atoms with E-state index in [9.17, 15) is 4.79 Å². The third kappa shape index (κ3) is 2.60. The lowest BCUT2D eigenvalue weighted by Crippen LogP contribution is -2.26. The second-order valence-corrected chi connectivity index (χ2v) is 5.50. The van der Waals surface area contributed by atoms with Crippen molar-refractivity contribution in [2.45, 2.75) is 26.8 Å². The van der Waals surface area contributed by atoms with E-state index in [2.05, 4.69) is 15.4 Å². The second-order valence-electron chi connectivity index (χ2n) is 4.47. The minimum atomic E-state index is -0.151. The predicted molar refractivity (Wildman–Crippen MR) is 75.1 cm³/mol. The third-order valence-corrected chi connectivity index (χ3v) is 4.09. The molecule has 102 valence electrons. The smallest absolute Gasteiger partial charge is 0.263 e. The molecule has 0 aliphatic heterocycles. The number of aromatic nitrogens is 3. The van der Waals surface area contributed by atoms with Crippen molar-refractivity contribution in [3.8, 4) is 0 Å². The van der Waals surface area contributed by atoms with Gasteiger partial charge in [0.15, 0.2) is 5.13 Å². The highest BCUT2D eigenvalue weighted by Gasteiger charge is 2.19. The van der Waals surface area contributed by atoms with Crippen LogP contribution in [-0.2, 0) is 7.05 Å². The van der Waals surface area contributed by atoms with Gasteiger partial charge in [-0.3, -0.25) is 9.48 Å². The molecule has 1 amide bonds. The number of carbonyl (C=O) groups is 1. The first-order valence-corrected chi connectivity index (χ1v) is 6.74. The Morgan fingerprint density at radius 3 is 2.68 bits per heavy atom. The highest BCUT2D eigenvalue weighted by Crippen LogP contribution is 2.22. The summed E-state index contributed by atoms with van der Waals surface area (Å²) in [7, 11) is 1.88. The maximum absolute atomic E-state index is 12.2. The van der Waals surface area contributed by atoms with E-state index in [-0.39, 0.29) is 11.9 Å². The number of hydrogen-bond acceptors (Lipinski definition) is 5. The SMILES string of the molecule is Cc1nc(N)sc1C(=O)NC(C)c1cnn(C)c1C. The van der Waals surface area contributed by atoms with Gasteiger partial charge in [0.25, 0.3) is 5.91 Å². The van der Waals surface area contributed by atoms with Crippen LogP contribution in [-0.4, -0.2) is 20.7 Å². The van der Waals surface area contributed by atoms with Gasteiger partial charge in [-0.2, -0.15) is 5.10 Å². The fourth-order valence-corrected chi connectivity index (χ4v) is 2.65. The van der Waals surface area contributed by atoms with Crippen LogP contribution < -0.4 is 11.1 Å². The van der Waals surface area contributed by atoms with Gasteiger partial charge in [-0.15, -0.1) is 0 Å². The van der Waals surface area contributed by atoms with Crippen LogP contribution in [0.15, 0.2) is 6.20 Å². The summed E-state index contributed by atoms with van der Waals surface area (Å²) in [6, 6.07) is -0.107. The van der Waals surface area contributed by atoms with Gasteiger partial charge < -0.3 is 11.1 Å². The summed E-state index contributed by atoms with van der Waals surface area (Å²) in [5.41, 5.74) is 8.30. The van der Waals surface area contributed by atoms with Crippen LogP contribution >= 0.6 is 11.3 Å². The zero-order valence-electron chi connectivity index (χ0n) is 11.4. The molecule has 0 saturated carbocycles. The van der Waals surface area contributed by atoms with Crippen LogP contribution in [0.3, 0.4) is 0 Å². The number of anilines is 1. The maximum Gasteiger partial charge on any atom is 0.263 e. The van der Waals surface area contributed by atoms with Gasteiger partial charge in [0.1, 0.15) is 4.88 Å². The number of nitrogens with one attached hydrogen (secondary N) is 1. The van der Waals surface area contributed by atoms with Crippen LogP contribution in [0.4, 0.5) is 5.13 Å². The lowest BCUT2D eigenvalue weighted by atomic mass is 10.1. The summed E-state index contributed by atoms with van der Waals surface area (Å²) in [6.45, 7) is 5.68. The van der Waals surface area contributed by atoms with E-state index in [4.69, 9.17) is 5.73 Å². The minimum absolute atomic E-state index is 0.107. The molecule has 0 aliphatic rings. The molecule has 0 aliphatic carbocycles. The number of carbonyl (C=O) groups excluding carboxylic acids is 1. The van der Waals surface area contributed by atoms with E-state index in [1.807, 2.05) is 20.9 Å². The fourth-order valence-electron chi connectivity index (χ4n) is 1.91. The molecule has 0 saturated heterocycles. The molecule has 1 atom stereocenters. The highest BCUT2D eigenvalue weighted by molar-refractivity contribution is 7.17. The van der Waals surface area contributed by atoms with E-state index in [0.29, 0.717) is 15.7 Å². The summed E-state index contributed by atoms with van der Waals surface area (Å²) in [5, 5.41) is 7.53. The van der Waals surface area contributed by atoms with E-state index < -0.39 is 0 Å². The van der Waals surface area contributed by atoms with Crippen molar-refractivity contribution in [1.82, 2.24) is 20.1 Å². The number of nitrogen functional groups attached to an aromatic ring is 1. The van der Waals surface area contributed by atoms with Gasteiger partial charge in [0, 0.05) is 18.3 Å². The van der Waals surface area contributed by atoms with Gasteiger partial charge in [-0.25, -0.2) is 4.98 Å². The fraction of sp³-hybridized carbons (Fsp3) is 0.417. The average molecular weight is 279 g/mol. The molecule has 2 aromatic rings. The van der Waals surface area contributed by atoms with Gasteiger partial charge in [-0.1, -0.05) is 11.3 Å². The monoisotopic (exact) mass is 279 g/mol. The molecule has 2 aromatic heterocycles. The van der Waals surface area contributed by atoms with Crippen molar-refractivity contribution in [1.29, 1.82) is 0 Å². The number of nitrogens with zero attached hydrogens (tertiary/aromatic N) is 3. The largest absolute Gasteiger partial charge is 0.375 e. The number of aryl methyl sites for hydroxylation is 2. The minimum Gasteiger partial charge on any atom is -0.375 e. The zero-order chi connectivity index (χ0) is 14.2.